The largest absolute Gasteiger partial charge is 0.300 e. The van der Waals surface area contributed by atoms with Crippen LogP contribution in [0.15, 0.2) is 22.5 Å². The van der Waals surface area contributed by atoms with Gasteiger partial charge in [0, 0.05) is 10.0 Å². The van der Waals surface area contributed by atoms with E-state index in [9.17, 15) is 4.79 Å². The SMILES string of the molecule is CCSc1nnc(NC(=O)Cc2ccc(Cl)cc2Cl)s1. The first-order valence-corrected chi connectivity index (χ1v) is 8.34. The quantitative estimate of drug-likeness (QED) is 0.652. The Balaban J connectivity index is 1.97. The number of nitrogens with one attached hydrogen (secondary N) is 1. The van der Waals surface area contributed by atoms with Crippen LogP contribution < -0.4 is 5.32 Å². The first-order chi connectivity index (χ1) is 9.58. The van der Waals surface area contributed by atoms with Crippen LogP contribution >= 0.6 is 46.3 Å². The third kappa shape index (κ3) is 4.34. The fourth-order valence-corrected chi connectivity index (χ4v) is 3.58. The van der Waals surface area contributed by atoms with Crippen molar-refractivity contribution >= 4 is 57.3 Å². The van der Waals surface area contributed by atoms with Crippen molar-refractivity contribution in [1.29, 1.82) is 0 Å². The van der Waals surface area contributed by atoms with Crippen molar-refractivity contribution in [1.82, 2.24) is 10.2 Å². The topological polar surface area (TPSA) is 54.9 Å². The Kier molecular flexibility index (Phi) is 5.65. The molecule has 1 aromatic carbocycles. The second kappa shape index (κ2) is 7.26. The molecule has 2 aromatic rings. The second-order valence-corrected chi connectivity index (χ2v) is 7.10. The molecule has 2 rings (SSSR count). The maximum Gasteiger partial charge on any atom is 0.230 e. The maximum absolute atomic E-state index is 11.9. The molecule has 0 radical (unpaired) electrons. The summed E-state index contributed by atoms with van der Waals surface area (Å²) in [5.41, 5.74) is 0.723. The normalized spacial score (nSPS) is 10.6. The van der Waals surface area contributed by atoms with Gasteiger partial charge in [0.25, 0.3) is 0 Å². The van der Waals surface area contributed by atoms with Crippen molar-refractivity contribution in [2.45, 2.75) is 17.7 Å². The summed E-state index contributed by atoms with van der Waals surface area (Å²) in [5, 5.41) is 12.1. The molecule has 0 spiro atoms. The van der Waals surface area contributed by atoms with Crippen LogP contribution in [-0.2, 0) is 11.2 Å². The van der Waals surface area contributed by atoms with Gasteiger partial charge < -0.3 is 5.32 Å². The minimum Gasteiger partial charge on any atom is -0.300 e. The summed E-state index contributed by atoms with van der Waals surface area (Å²) in [5.74, 6) is 0.738. The van der Waals surface area contributed by atoms with E-state index in [0.29, 0.717) is 15.2 Å². The van der Waals surface area contributed by atoms with Crippen LogP contribution in [0.1, 0.15) is 12.5 Å². The third-order valence-corrected chi connectivity index (χ3v) is 4.73. The zero-order valence-electron chi connectivity index (χ0n) is 10.5. The zero-order valence-corrected chi connectivity index (χ0v) is 13.7. The summed E-state index contributed by atoms with van der Waals surface area (Å²) >= 11 is 14.8. The smallest absolute Gasteiger partial charge is 0.230 e. The molecular weight excluding hydrogens is 337 g/mol. The highest BCUT2D eigenvalue weighted by molar-refractivity contribution is 8.01. The number of halogens is 2. The maximum atomic E-state index is 11.9. The monoisotopic (exact) mass is 347 g/mol. The molecule has 0 fully saturated rings. The molecule has 8 heteroatoms. The molecule has 0 atom stereocenters. The Morgan fingerprint density at radius 3 is 2.90 bits per heavy atom. The molecule has 1 heterocycles. The van der Waals surface area contributed by atoms with Gasteiger partial charge in [0.15, 0.2) is 4.34 Å². The average molecular weight is 348 g/mol. The molecule has 1 N–H and O–H groups in total. The van der Waals surface area contributed by atoms with Gasteiger partial charge in [-0.25, -0.2) is 0 Å². The highest BCUT2D eigenvalue weighted by atomic mass is 35.5. The lowest BCUT2D eigenvalue weighted by molar-refractivity contribution is -0.115. The van der Waals surface area contributed by atoms with E-state index in [0.717, 1.165) is 15.7 Å². The Hall–Kier alpha value is -0.820. The number of thioether (sulfide) groups is 1. The van der Waals surface area contributed by atoms with E-state index in [2.05, 4.69) is 15.5 Å². The van der Waals surface area contributed by atoms with Gasteiger partial charge in [0.2, 0.25) is 11.0 Å². The number of benzene rings is 1. The minimum absolute atomic E-state index is 0.172. The highest BCUT2D eigenvalue weighted by Gasteiger charge is 2.11. The number of anilines is 1. The van der Waals surface area contributed by atoms with Gasteiger partial charge in [0.05, 0.1) is 6.42 Å². The Morgan fingerprint density at radius 1 is 1.40 bits per heavy atom. The van der Waals surface area contributed by atoms with Crippen LogP contribution in [0.5, 0.6) is 0 Å². The van der Waals surface area contributed by atoms with E-state index in [-0.39, 0.29) is 12.3 Å². The fourth-order valence-electron chi connectivity index (χ4n) is 1.44. The third-order valence-electron chi connectivity index (χ3n) is 2.29. The zero-order chi connectivity index (χ0) is 14.5. The number of rotatable bonds is 5. The molecule has 0 aliphatic rings. The van der Waals surface area contributed by atoms with Gasteiger partial charge in [0.1, 0.15) is 0 Å². The molecule has 1 aromatic heterocycles. The number of hydrogen-bond acceptors (Lipinski definition) is 5. The van der Waals surface area contributed by atoms with Crippen molar-refractivity contribution in [3.8, 4) is 0 Å². The fraction of sp³-hybridized carbons (Fsp3) is 0.250. The lowest BCUT2D eigenvalue weighted by Gasteiger charge is -2.04. The number of amides is 1. The van der Waals surface area contributed by atoms with Gasteiger partial charge in [-0.3, -0.25) is 4.79 Å². The van der Waals surface area contributed by atoms with Gasteiger partial charge in [-0.05, 0) is 23.4 Å². The van der Waals surface area contributed by atoms with E-state index in [1.807, 2.05) is 6.92 Å². The number of carbonyl (C=O) groups excluding carboxylic acids is 1. The summed E-state index contributed by atoms with van der Waals surface area (Å²) < 4.78 is 0.840. The number of nitrogens with zero attached hydrogens (tertiary/aromatic N) is 2. The predicted octanol–water partition coefficient (Wildman–Crippen LogP) is 4.14. The molecule has 0 unspecified atom stereocenters. The molecule has 20 heavy (non-hydrogen) atoms. The summed E-state index contributed by atoms with van der Waals surface area (Å²) in [7, 11) is 0. The average Bonchev–Trinajstić information content (AvgIpc) is 2.81. The van der Waals surface area contributed by atoms with E-state index in [1.165, 1.54) is 11.3 Å². The molecular formula is C12H11Cl2N3OS2. The molecule has 0 bridgehead atoms. The molecule has 1 amide bonds. The molecule has 4 nitrogen and oxygen atoms in total. The standard InChI is InChI=1S/C12H11Cl2N3OS2/c1-2-19-12-17-16-11(20-12)15-10(18)5-7-3-4-8(13)6-9(7)14/h3-4,6H,2,5H2,1H3,(H,15,16,18). The van der Waals surface area contributed by atoms with Crippen molar-refractivity contribution in [2.24, 2.45) is 0 Å². The highest BCUT2D eigenvalue weighted by Crippen LogP contribution is 2.25. The predicted molar refractivity (Wildman–Crippen MR) is 85.1 cm³/mol. The molecule has 0 saturated heterocycles. The van der Waals surface area contributed by atoms with Gasteiger partial charge >= 0.3 is 0 Å². The van der Waals surface area contributed by atoms with Crippen LogP contribution in [0.3, 0.4) is 0 Å². The molecule has 0 aliphatic carbocycles. The second-order valence-electron chi connectivity index (χ2n) is 3.77. The molecule has 0 aliphatic heterocycles. The van der Waals surface area contributed by atoms with Crippen LogP contribution in [0.4, 0.5) is 5.13 Å². The Labute approximate surface area is 134 Å². The van der Waals surface area contributed by atoms with E-state index in [4.69, 9.17) is 23.2 Å². The Morgan fingerprint density at radius 2 is 2.20 bits per heavy atom. The summed E-state index contributed by atoms with van der Waals surface area (Å²) in [4.78, 5) is 11.9. The van der Waals surface area contributed by atoms with Gasteiger partial charge in [-0.1, -0.05) is 59.3 Å². The summed E-state index contributed by atoms with van der Waals surface area (Å²) in [6.45, 7) is 2.03. The van der Waals surface area contributed by atoms with Crippen molar-refractivity contribution < 1.29 is 4.79 Å². The van der Waals surface area contributed by atoms with Crippen molar-refractivity contribution in [3.63, 3.8) is 0 Å². The summed E-state index contributed by atoms with van der Waals surface area (Å²) in [6, 6.07) is 5.06. The first-order valence-electron chi connectivity index (χ1n) is 5.78. The van der Waals surface area contributed by atoms with E-state index in [1.54, 1.807) is 30.0 Å². The molecule has 0 saturated carbocycles. The van der Waals surface area contributed by atoms with Gasteiger partial charge in [-0.15, -0.1) is 10.2 Å². The van der Waals surface area contributed by atoms with Crippen molar-refractivity contribution in [3.05, 3.63) is 33.8 Å². The van der Waals surface area contributed by atoms with Crippen LogP contribution in [0.25, 0.3) is 0 Å². The number of aromatic nitrogens is 2. The first kappa shape index (κ1) is 15.6. The number of carbonyl (C=O) groups is 1. The van der Waals surface area contributed by atoms with Crippen LogP contribution in [0.2, 0.25) is 10.0 Å². The van der Waals surface area contributed by atoms with Crippen LogP contribution in [0, 0.1) is 0 Å². The lowest BCUT2D eigenvalue weighted by atomic mass is 10.1. The van der Waals surface area contributed by atoms with E-state index >= 15 is 0 Å². The minimum atomic E-state index is -0.182. The lowest BCUT2D eigenvalue weighted by Crippen LogP contribution is -2.14. The van der Waals surface area contributed by atoms with Crippen molar-refractivity contribution in [2.75, 3.05) is 11.1 Å². The molecule has 106 valence electrons. The van der Waals surface area contributed by atoms with Gasteiger partial charge in [-0.2, -0.15) is 0 Å². The Bertz CT molecular complexity index is 618. The summed E-state index contributed by atoms with van der Waals surface area (Å²) in [6.07, 6.45) is 0.172. The van der Waals surface area contributed by atoms with Crippen LogP contribution in [-0.4, -0.2) is 21.9 Å². The number of hydrogen-bond donors (Lipinski definition) is 1. The van der Waals surface area contributed by atoms with E-state index < -0.39 is 0 Å².